The molecule has 0 N–H and O–H groups in total. The van der Waals surface area contributed by atoms with Gasteiger partial charge in [-0.05, 0) is 13.3 Å². The van der Waals surface area contributed by atoms with E-state index in [1.54, 1.807) is 7.11 Å². The van der Waals surface area contributed by atoms with E-state index in [1.165, 1.54) is 6.42 Å². The van der Waals surface area contributed by atoms with Crippen LogP contribution in [0.1, 0.15) is 20.3 Å². The Morgan fingerprint density at radius 2 is 2.08 bits per heavy atom. The minimum atomic E-state index is 0.610. The fraction of sp³-hybridized carbons (Fsp3) is 1.00. The Bertz CT molecular complexity index is 101. The molecule has 0 heterocycles. The second-order valence-electron chi connectivity index (χ2n) is 2.98. The average Bonchev–Trinajstić information content (AvgIpc) is 2.11. The molecule has 0 amide bonds. The zero-order chi connectivity index (χ0) is 9.40. The molecule has 0 bridgehead atoms. The second-order valence-corrected chi connectivity index (χ2v) is 3.35. The minimum Gasteiger partial charge on any atom is -0.383 e. The number of nitrogens with zero attached hydrogens (tertiary/aromatic N) is 1. The first-order valence-corrected chi connectivity index (χ1v) is 5.08. The highest BCUT2D eigenvalue weighted by molar-refractivity contribution is 6.18. The maximum atomic E-state index is 5.69. The lowest BCUT2D eigenvalue weighted by Crippen LogP contribution is -2.36. The van der Waals surface area contributed by atoms with E-state index in [9.17, 15) is 0 Å². The van der Waals surface area contributed by atoms with Gasteiger partial charge in [0.15, 0.2) is 0 Å². The highest BCUT2D eigenvalue weighted by atomic mass is 35.5. The summed E-state index contributed by atoms with van der Waals surface area (Å²) in [5.41, 5.74) is 0. The Morgan fingerprint density at radius 3 is 2.50 bits per heavy atom. The molecule has 0 fully saturated rings. The van der Waals surface area contributed by atoms with Gasteiger partial charge >= 0.3 is 0 Å². The van der Waals surface area contributed by atoms with Gasteiger partial charge in [0.1, 0.15) is 0 Å². The number of hydrogen-bond acceptors (Lipinski definition) is 2. The molecule has 0 aromatic carbocycles. The average molecular weight is 194 g/mol. The van der Waals surface area contributed by atoms with Crippen molar-refractivity contribution in [1.29, 1.82) is 0 Å². The summed E-state index contributed by atoms with van der Waals surface area (Å²) in [7, 11) is 1.73. The van der Waals surface area contributed by atoms with Crippen molar-refractivity contribution in [2.45, 2.75) is 26.3 Å². The number of alkyl halides is 1. The van der Waals surface area contributed by atoms with Crippen LogP contribution in [0.3, 0.4) is 0 Å². The van der Waals surface area contributed by atoms with Crippen LogP contribution in [0, 0.1) is 0 Å². The molecule has 0 aromatic rings. The highest BCUT2D eigenvalue weighted by Gasteiger charge is 2.09. The Hall–Kier alpha value is 0.210. The maximum absolute atomic E-state index is 5.69. The summed E-state index contributed by atoms with van der Waals surface area (Å²) >= 11 is 5.69. The van der Waals surface area contributed by atoms with Gasteiger partial charge in [-0.1, -0.05) is 6.92 Å². The Balaban J connectivity index is 3.68. The number of rotatable bonds is 7. The van der Waals surface area contributed by atoms with E-state index < -0.39 is 0 Å². The normalized spacial score (nSPS) is 13.8. The first-order valence-electron chi connectivity index (χ1n) is 4.55. The summed E-state index contributed by atoms with van der Waals surface area (Å²) in [6, 6.07) is 0.610. The van der Waals surface area contributed by atoms with Gasteiger partial charge in [-0.15, -0.1) is 11.6 Å². The molecule has 12 heavy (non-hydrogen) atoms. The Morgan fingerprint density at radius 1 is 1.42 bits per heavy atom. The lowest BCUT2D eigenvalue weighted by molar-refractivity contribution is 0.128. The van der Waals surface area contributed by atoms with Crippen molar-refractivity contribution in [3.8, 4) is 0 Å². The maximum Gasteiger partial charge on any atom is 0.0589 e. The first kappa shape index (κ1) is 12.2. The summed E-state index contributed by atoms with van der Waals surface area (Å²) in [6.45, 7) is 7.15. The molecule has 74 valence electrons. The highest BCUT2D eigenvalue weighted by Crippen LogP contribution is 2.02. The van der Waals surface area contributed by atoms with Crippen molar-refractivity contribution in [1.82, 2.24) is 4.90 Å². The van der Waals surface area contributed by atoms with Gasteiger partial charge in [0.2, 0.25) is 0 Å². The third kappa shape index (κ3) is 4.96. The van der Waals surface area contributed by atoms with Gasteiger partial charge in [0, 0.05) is 32.1 Å². The monoisotopic (exact) mass is 193 g/mol. The van der Waals surface area contributed by atoms with Gasteiger partial charge < -0.3 is 4.74 Å². The van der Waals surface area contributed by atoms with E-state index in [-0.39, 0.29) is 0 Å². The third-order valence-electron chi connectivity index (χ3n) is 2.17. The molecule has 0 spiro atoms. The van der Waals surface area contributed by atoms with E-state index in [1.807, 2.05) is 0 Å². The standard InChI is InChI=1S/C9H20ClNO/c1-4-9(2)11(6-5-10)7-8-12-3/h9H,4-8H2,1-3H3. The van der Waals surface area contributed by atoms with Crippen molar-refractivity contribution < 1.29 is 4.74 Å². The molecule has 0 radical (unpaired) electrons. The van der Waals surface area contributed by atoms with Crippen molar-refractivity contribution in [2.24, 2.45) is 0 Å². The molecule has 0 aromatic heterocycles. The predicted molar refractivity (Wildman–Crippen MR) is 53.9 cm³/mol. The molecule has 3 heteroatoms. The summed E-state index contributed by atoms with van der Waals surface area (Å²) in [5, 5.41) is 0. The van der Waals surface area contributed by atoms with Gasteiger partial charge in [0.25, 0.3) is 0 Å². The molecule has 0 saturated carbocycles. The zero-order valence-corrected chi connectivity index (χ0v) is 9.10. The quantitative estimate of drug-likeness (QED) is 0.574. The fourth-order valence-electron chi connectivity index (χ4n) is 1.13. The Labute approximate surface area is 80.8 Å². The van der Waals surface area contributed by atoms with Gasteiger partial charge in [-0.3, -0.25) is 4.90 Å². The van der Waals surface area contributed by atoms with Crippen LogP contribution in [0.25, 0.3) is 0 Å². The summed E-state index contributed by atoms with van der Waals surface area (Å²) in [6.07, 6.45) is 1.17. The van der Waals surface area contributed by atoms with Crippen LogP contribution < -0.4 is 0 Å². The van der Waals surface area contributed by atoms with Crippen molar-refractivity contribution in [2.75, 3.05) is 32.7 Å². The van der Waals surface area contributed by atoms with Crippen molar-refractivity contribution in [3.63, 3.8) is 0 Å². The van der Waals surface area contributed by atoms with Crippen molar-refractivity contribution in [3.05, 3.63) is 0 Å². The van der Waals surface area contributed by atoms with E-state index in [2.05, 4.69) is 18.7 Å². The Kier molecular flexibility index (Phi) is 7.98. The van der Waals surface area contributed by atoms with Gasteiger partial charge in [-0.2, -0.15) is 0 Å². The van der Waals surface area contributed by atoms with Crippen molar-refractivity contribution >= 4 is 11.6 Å². The van der Waals surface area contributed by atoms with Crippen LogP contribution in [0.4, 0.5) is 0 Å². The summed E-state index contributed by atoms with van der Waals surface area (Å²) in [4.78, 5) is 2.36. The van der Waals surface area contributed by atoms with Gasteiger partial charge in [0.05, 0.1) is 6.61 Å². The molecule has 0 aliphatic rings. The number of ether oxygens (including phenoxy) is 1. The molecular formula is C9H20ClNO. The van der Waals surface area contributed by atoms with Crippen LogP contribution in [-0.4, -0.2) is 43.6 Å². The van der Waals surface area contributed by atoms with E-state index in [4.69, 9.17) is 16.3 Å². The fourth-order valence-corrected chi connectivity index (χ4v) is 1.34. The van der Waals surface area contributed by atoms with Crippen LogP contribution in [0.2, 0.25) is 0 Å². The molecule has 0 aliphatic heterocycles. The summed E-state index contributed by atoms with van der Waals surface area (Å²) in [5.74, 6) is 0.702. The minimum absolute atomic E-state index is 0.610. The summed E-state index contributed by atoms with van der Waals surface area (Å²) < 4.78 is 5.03. The number of hydrogen-bond donors (Lipinski definition) is 0. The molecule has 0 aliphatic carbocycles. The largest absolute Gasteiger partial charge is 0.383 e. The van der Waals surface area contributed by atoms with E-state index in [0.717, 1.165) is 19.7 Å². The van der Waals surface area contributed by atoms with E-state index in [0.29, 0.717) is 11.9 Å². The molecule has 1 unspecified atom stereocenters. The zero-order valence-electron chi connectivity index (χ0n) is 8.35. The molecule has 1 atom stereocenters. The third-order valence-corrected chi connectivity index (χ3v) is 2.34. The van der Waals surface area contributed by atoms with Crippen LogP contribution in [-0.2, 0) is 4.74 Å². The van der Waals surface area contributed by atoms with Crippen LogP contribution >= 0.6 is 11.6 Å². The second kappa shape index (κ2) is 7.84. The van der Waals surface area contributed by atoms with Crippen LogP contribution in [0.5, 0.6) is 0 Å². The topological polar surface area (TPSA) is 12.5 Å². The van der Waals surface area contributed by atoms with Crippen LogP contribution in [0.15, 0.2) is 0 Å². The smallest absolute Gasteiger partial charge is 0.0589 e. The molecule has 0 saturated heterocycles. The molecular weight excluding hydrogens is 174 g/mol. The predicted octanol–water partition coefficient (Wildman–Crippen LogP) is 1.97. The lowest BCUT2D eigenvalue weighted by Gasteiger charge is -2.27. The number of halogens is 1. The molecule has 0 rings (SSSR count). The van der Waals surface area contributed by atoms with Gasteiger partial charge in [-0.25, -0.2) is 0 Å². The SMILES string of the molecule is CCC(C)N(CCCl)CCOC. The van der Waals surface area contributed by atoms with E-state index >= 15 is 0 Å². The first-order chi connectivity index (χ1) is 5.76. The lowest BCUT2D eigenvalue weighted by atomic mass is 10.2. The number of methoxy groups -OCH3 is 1. The molecule has 2 nitrogen and oxygen atoms in total.